The molecule has 102 valence electrons. The summed E-state index contributed by atoms with van der Waals surface area (Å²) in [5, 5.41) is 12.0. The van der Waals surface area contributed by atoms with Gasteiger partial charge >= 0.3 is 0 Å². The maximum absolute atomic E-state index is 13.7. The van der Waals surface area contributed by atoms with Crippen LogP contribution in [-0.4, -0.2) is 28.1 Å². The topological polar surface area (TPSA) is 36.4 Å². The number of rotatable bonds is 6. The minimum atomic E-state index is -0.231. The summed E-state index contributed by atoms with van der Waals surface area (Å²) in [6, 6.07) is 4.89. The van der Waals surface area contributed by atoms with Crippen molar-refractivity contribution in [3.63, 3.8) is 0 Å². The number of hydrogen-bond acceptors (Lipinski definition) is 4. The Morgan fingerprint density at radius 2 is 2.21 bits per heavy atom. The first-order valence-corrected chi connectivity index (χ1v) is 7.52. The molecule has 0 atom stereocenters. The number of nitrogens with zero attached hydrogens (tertiary/aromatic N) is 2. The molecule has 0 aliphatic heterocycles. The Labute approximate surface area is 123 Å². The van der Waals surface area contributed by atoms with E-state index in [1.807, 2.05) is 10.3 Å². The Balaban J connectivity index is 2.09. The summed E-state index contributed by atoms with van der Waals surface area (Å²) in [5.74, 6) is -0.231. The molecule has 0 aliphatic carbocycles. The van der Waals surface area contributed by atoms with Crippen molar-refractivity contribution in [3.05, 3.63) is 50.6 Å². The molecule has 0 aliphatic rings. The Bertz CT molecular complexity index is 521. The van der Waals surface area contributed by atoms with Crippen LogP contribution in [0, 0.1) is 5.82 Å². The molecule has 1 N–H and O–H groups in total. The maximum atomic E-state index is 13.7. The fourth-order valence-corrected chi connectivity index (χ4v) is 2.85. The van der Waals surface area contributed by atoms with Crippen LogP contribution in [0.5, 0.6) is 0 Å². The van der Waals surface area contributed by atoms with Crippen molar-refractivity contribution < 1.29 is 9.50 Å². The molecule has 0 radical (unpaired) electrons. The number of aromatic nitrogens is 1. The largest absolute Gasteiger partial charge is 0.395 e. The molecular formula is C13H14BrFN2OS. The van der Waals surface area contributed by atoms with Crippen molar-refractivity contribution >= 4 is 27.3 Å². The van der Waals surface area contributed by atoms with Crippen LogP contribution in [0.15, 0.2) is 34.2 Å². The van der Waals surface area contributed by atoms with E-state index in [-0.39, 0.29) is 12.4 Å². The monoisotopic (exact) mass is 344 g/mol. The molecule has 0 saturated carbocycles. The van der Waals surface area contributed by atoms with E-state index in [0.29, 0.717) is 25.2 Å². The molecule has 0 spiro atoms. The van der Waals surface area contributed by atoms with Gasteiger partial charge < -0.3 is 5.11 Å². The minimum Gasteiger partial charge on any atom is -0.395 e. The quantitative estimate of drug-likeness (QED) is 0.874. The van der Waals surface area contributed by atoms with Gasteiger partial charge in [0.25, 0.3) is 0 Å². The van der Waals surface area contributed by atoms with E-state index in [1.165, 1.54) is 6.07 Å². The second kappa shape index (κ2) is 7.09. The SMILES string of the molecule is OCCN(Cc1nccs1)Cc1cc(Br)ccc1F. The second-order valence-electron chi connectivity index (χ2n) is 4.10. The lowest BCUT2D eigenvalue weighted by Gasteiger charge is -2.20. The summed E-state index contributed by atoms with van der Waals surface area (Å²) >= 11 is 4.90. The lowest BCUT2D eigenvalue weighted by molar-refractivity contribution is 0.182. The highest BCUT2D eigenvalue weighted by Gasteiger charge is 2.11. The molecule has 1 aromatic heterocycles. The van der Waals surface area contributed by atoms with E-state index in [9.17, 15) is 4.39 Å². The fourth-order valence-electron chi connectivity index (χ4n) is 1.78. The molecule has 2 aromatic rings. The van der Waals surface area contributed by atoms with Crippen LogP contribution in [0.25, 0.3) is 0 Å². The van der Waals surface area contributed by atoms with Gasteiger partial charge in [-0.2, -0.15) is 0 Å². The van der Waals surface area contributed by atoms with Crippen molar-refractivity contribution in [2.45, 2.75) is 13.1 Å². The second-order valence-corrected chi connectivity index (χ2v) is 5.99. The van der Waals surface area contributed by atoms with E-state index in [0.717, 1.165) is 9.48 Å². The molecule has 0 bridgehead atoms. The molecule has 2 rings (SSSR count). The van der Waals surface area contributed by atoms with Crippen LogP contribution in [0.2, 0.25) is 0 Å². The fraction of sp³-hybridized carbons (Fsp3) is 0.308. The van der Waals surface area contributed by atoms with Gasteiger partial charge in [0.2, 0.25) is 0 Å². The first-order chi connectivity index (χ1) is 9.19. The average molecular weight is 345 g/mol. The van der Waals surface area contributed by atoms with Crippen molar-refractivity contribution in [3.8, 4) is 0 Å². The predicted molar refractivity (Wildman–Crippen MR) is 77.4 cm³/mol. The van der Waals surface area contributed by atoms with Crippen molar-refractivity contribution in [2.75, 3.05) is 13.2 Å². The number of hydrogen-bond donors (Lipinski definition) is 1. The van der Waals surface area contributed by atoms with Crippen LogP contribution in [0.4, 0.5) is 4.39 Å². The Kier molecular flexibility index (Phi) is 5.45. The van der Waals surface area contributed by atoms with Gasteiger partial charge in [-0.25, -0.2) is 9.37 Å². The van der Waals surface area contributed by atoms with E-state index in [4.69, 9.17) is 5.11 Å². The number of halogens is 2. The lowest BCUT2D eigenvalue weighted by Crippen LogP contribution is -2.26. The predicted octanol–water partition coefficient (Wildman–Crippen LogP) is 3.04. The normalized spacial score (nSPS) is 11.2. The summed E-state index contributed by atoms with van der Waals surface area (Å²) in [6.07, 6.45) is 1.75. The molecule has 0 saturated heterocycles. The van der Waals surface area contributed by atoms with Gasteiger partial charge in [0, 0.05) is 34.7 Å². The van der Waals surface area contributed by atoms with Crippen LogP contribution in [0.3, 0.4) is 0 Å². The summed E-state index contributed by atoms with van der Waals surface area (Å²) in [5.41, 5.74) is 0.611. The van der Waals surface area contributed by atoms with Gasteiger partial charge in [-0.05, 0) is 18.2 Å². The van der Waals surface area contributed by atoms with Gasteiger partial charge in [-0.15, -0.1) is 11.3 Å². The van der Waals surface area contributed by atoms with Crippen molar-refractivity contribution in [1.82, 2.24) is 9.88 Å². The van der Waals surface area contributed by atoms with Crippen LogP contribution in [-0.2, 0) is 13.1 Å². The van der Waals surface area contributed by atoms with Gasteiger partial charge in [0.1, 0.15) is 10.8 Å². The molecule has 3 nitrogen and oxygen atoms in total. The van der Waals surface area contributed by atoms with Crippen LogP contribution < -0.4 is 0 Å². The van der Waals surface area contributed by atoms with Crippen LogP contribution in [0.1, 0.15) is 10.6 Å². The Morgan fingerprint density at radius 1 is 1.37 bits per heavy atom. The maximum Gasteiger partial charge on any atom is 0.127 e. The van der Waals surface area contributed by atoms with Gasteiger partial charge in [0.15, 0.2) is 0 Å². The summed E-state index contributed by atoms with van der Waals surface area (Å²) < 4.78 is 14.6. The van der Waals surface area contributed by atoms with Crippen LogP contribution >= 0.6 is 27.3 Å². The first-order valence-electron chi connectivity index (χ1n) is 5.84. The Morgan fingerprint density at radius 3 is 2.89 bits per heavy atom. The average Bonchev–Trinajstić information content (AvgIpc) is 2.87. The molecular weight excluding hydrogens is 331 g/mol. The summed E-state index contributed by atoms with van der Waals surface area (Å²) in [7, 11) is 0. The third-order valence-electron chi connectivity index (χ3n) is 2.66. The third kappa shape index (κ3) is 4.35. The number of thiazole rings is 1. The zero-order valence-corrected chi connectivity index (χ0v) is 12.6. The molecule has 0 unspecified atom stereocenters. The number of benzene rings is 1. The molecule has 1 heterocycles. The van der Waals surface area contributed by atoms with E-state index in [1.54, 1.807) is 29.7 Å². The van der Waals surface area contributed by atoms with Gasteiger partial charge in [-0.1, -0.05) is 15.9 Å². The standard InChI is InChI=1S/C13H14BrFN2OS/c14-11-1-2-12(15)10(7-11)8-17(4-5-18)9-13-16-3-6-19-13/h1-3,6-7,18H,4-5,8-9H2. The molecule has 19 heavy (non-hydrogen) atoms. The Hall–Kier alpha value is -0.820. The van der Waals surface area contributed by atoms with E-state index < -0.39 is 0 Å². The lowest BCUT2D eigenvalue weighted by atomic mass is 10.2. The summed E-state index contributed by atoms with van der Waals surface area (Å²) in [4.78, 5) is 6.19. The van der Waals surface area contributed by atoms with Crippen molar-refractivity contribution in [2.24, 2.45) is 0 Å². The highest BCUT2D eigenvalue weighted by molar-refractivity contribution is 9.10. The number of aliphatic hydroxyl groups is 1. The van der Waals surface area contributed by atoms with E-state index >= 15 is 0 Å². The first kappa shape index (κ1) is 14.6. The molecule has 0 fully saturated rings. The van der Waals surface area contributed by atoms with Gasteiger partial charge in [-0.3, -0.25) is 4.90 Å². The third-order valence-corrected chi connectivity index (χ3v) is 3.92. The minimum absolute atomic E-state index is 0.0427. The zero-order chi connectivity index (χ0) is 13.7. The molecule has 1 aromatic carbocycles. The molecule has 6 heteroatoms. The highest BCUT2D eigenvalue weighted by atomic mass is 79.9. The van der Waals surface area contributed by atoms with Crippen molar-refractivity contribution in [1.29, 1.82) is 0 Å². The summed E-state index contributed by atoms with van der Waals surface area (Å²) in [6.45, 7) is 1.60. The number of aliphatic hydroxyl groups excluding tert-OH is 1. The van der Waals surface area contributed by atoms with Gasteiger partial charge in [0.05, 0.1) is 13.2 Å². The highest BCUT2D eigenvalue weighted by Crippen LogP contribution is 2.18. The zero-order valence-electron chi connectivity index (χ0n) is 10.2. The smallest absolute Gasteiger partial charge is 0.127 e. The van der Waals surface area contributed by atoms with E-state index in [2.05, 4.69) is 20.9 Å². The molecule has 0 amide bonds.